The number of rotatable bonds is 15. The van der Waals surface area contributed by atoms with Crippen LogP contribution in [0.15, 0.2) is 48.5 Å². The molecule has 2 atom stereocenters. The van der Waals surface area contributed by atoms with E-state index in [1.165, 1.54) is 18.2 Å². The van der Waals surface area contributed by atoms with E-state index in [1.54, 1.807) is 37.3 Å². The van der Waals surface area contributed by atoms with Gasteiger partial charge in [-0.25, -0.2) is 14.4 Å². The predicted octanol–water partition coefficient (Wildman–Crippen LogP) is 5.28. The zero-order valence-corrected chi connectivity index (χ0v) is 23.1. The standard InChI is InChI=1S/C29H37NO10/c1-4-6-15-36-27(34)39-23-14-13-21(17-24(23)40-28(35)37-16-7-5-2)19-29(30,26(32)33)18-20(3)38-25(31)22-11-9-8-10-12-22/h8-14,17,20H,4-7,15-16,18-19,30H2,1-3H3,(H,32,33)/t20-,29+/m0/s1. The fourth-order valence-electron chi connectivity index (χ4n) is 3.64. The van der Waals surface area contributed by atoms with E-state index >= 15 is 0 Å². The molecule has 218 valence electrons. The molecule has 2 aromatic rings. The highest BCUT2D eigenvalue weighted by Gasteiger charge is 2.37. The molecule has 0 saturated carbocycles. The molecule has 11 nitrogen and oxygen atoms in total. The molecular weight excluding hydrogens is 522 g/mol. The van der Waals surface area contributed by atoms with Gasteiger partial charge in [-0.15, -0.1) is 0 Å². The predicted molar refractivity (Wildman–Crippen MR) is 144 cm³/mol. The highest BCUT2D eigenvalue weighted by molar-refractivity contribution is 5.89. The van der Waals surface area contributed by atoms with Crippen molar-refractivity contribution in [1.29, 1.82) is 0 Å². The van der Waals surface area contributed by atoms with Crippen molar-refractivity contribution in [3.8, 4) is 11.5 Å². The quantitative estimate of drug-likeness (QED) is 0.126. The summed E-state index contributed by atoms with van der Waals surface area (Å²) in [5, 5.41) is 9.95. The van der Waals surface area contributed by atoms with E-state index in [4.69, 9.17) is 29.4 Å². The van der Waals surface area contributed by atoms with Crippen molar-refractivity contribution in [2.24, 2.45) is 5.73 Å². The Hall–Kier alpha value is -4.12. The van der Waals surface area contributed by atoms with Crippen molar-refractivity contribution in [3.63, 3.8) is 0 Å². The lowest BCUT2D eigenvalue weighted by molar-refractivity contribution is -0.144. The molecule has 2 rings (SSSR count). The molecule has 11 heteroatoms. The first-order valence-corrected chi connectivity index (χ1v) is 13.2. The summed E-state index contributed by atoms with van der Waals surface area (Å²) < 4.78 is 25.9. The van der Waals surface area contributed by atoms with Crippen LogP contribution in [0.2, 0.25) is 0 Å². The minimum atomic E-state index is -1.85. The minimum Gasteiger partial charge on any atom is -0.480 e. The summed E-state index contributed by atoms with van der Waals surface area (Å²) in [6, 6.07) is 12.4. The van der Waals surface area contributed by atoms with Gasteiger partial charge in [0.2, 0.25) is 0 Å². The molecule has 0 aromatic heterocycles. The third-order valence-corrected chi connectivity index (χ3v) is 5.75. The van der Waals surface area contributed by atoms with Crippen LogP contribution in [0.1, 0.15) is 68.8 Å². The Morgan fingerprint density at radius 2 is 1.45 bits per heavy atom. The van der Waals surface area contributed by atoms with Crippen molar-refractivity contribution >= 4 is 24.2 Å². The number of esters is 1. The largest absolute Gasteiger partial charge is 0.513 e. The van der Waals surface area contributed by atoms with Gasteiger partial charge in [-0.1, -0.05) is 51.0 Å². The van der Waals surface area contributed by atoms with Crippen molar-refractivity contribution in [1.82, 2.24) is 0 Å². The van der Waals surface area contributed by atoms with Crippen LogP contribution in [0.3, 0.4) is 0 Å². The normalized spacial score (nSPS) is 12.9. The van der Waals surface area contributed by atoms with Gasteiger partial charge in [-0.2, -0.15) is 0 Å². The number of unbranched alkanes of at least 4 members (excludes halogenated alkanes) is 2. The van der Waals surface area contributed by atoms with Crippen LogP contribution in [0.25, 0.3) is 0 Å². The topological polar surface area (TPSA) is 161 Å². The van der Waals surface area contributed by atoms with Crippen molar-refractivity contribution in [2.75, 3.05) is 13.2 Å². The van der Waals surface area contributed by atoms with Gasteiger partial charge in [0.05, 0.1) is 18.8 Å². The fraction of sp³-hybridized carbons (Fsp3) is 0.448. The molecule has 0 saturated heterocycles. The first-order chi connectivity index (χ1) is 19.1. The van der Waals surface area contributed by atoms with Gasteiger partial charge in [-0.3, -0.25) is 4.79 Å². The van der Waals surface area contributed by atoms with Crippen molar-refractivity contribution in [2.45, 2.75) is 70.9 Å². The molecule has 0 aliphatic carbocycles. The number of carboxylic acids is 1. The summed E-state index contributed by atoms with van der Waals surface area (Å²) in [4.78, 5) is 48.9. The van der Waals surface area contributed by atoms with Crippen molar-refractivity contribution < 1.29 is 48.0 Å². The smallest absolute Gasteiger partial charge is 0.480 e. The van der Waals surface area contributed by atoms with Gasteiger partial charge >= 0.3 is 24.2 Å². The summed E-state index contributed by atoms with van der Waals surface area (Å²) in [6.45, 7) is 5.71. The summed E-state index contributed by atoms with van der Waals surface area (Å²) in [7, 11) is 0. The van der Waals surface area contributed by atoms with E-state index in [9.17, 15) is 24.3 Å². The van der Waals surface area contributed by atoms with Gasteiger partial charge in [0.15, 0.2) is 11.5 Å². The average molecular weight is 560 g/mol. The molecule has 0 aliphatic heterocycles. The van der Waals surface area contributed by atoms with Crippen LogP contribution in [-0.2, 0) is 25.4 Å². The Kier molecular flexibility index (Phi) is 12.9. The lowest BCUT2D eigenvalue weighted by Crippen LogP contribution is -2.52. The van der Waals surface area contributed by atoms with Crippen LogP contribution in [-0.4, -0.2) is 54.2 Å². The lowest BCUT2D eigenvalue weighted by atomic mass is 9.86. The molecule has 3 N–H and O–H groups in total. The minimum absolute atomic E-state index is 0.124. The SMILES string of the molecule is CCCCOC(=O)Oc1ccc(C[C@](N)(C[C@H](C)OC(=O)c2ccccc2)C(=O)O)cc1OC(=O)OCCCC. The third kappa shape index (κ3) is 10.6. The number of carbonyl (C=O) groups excluding carboxylic acids is 3. The van der Waals surface area contributed by atoms with Crippen LogP contribution in [0, 0.1) is 0 Å². The maximum atomic E-state index is 12.4. The molecule has 0 radical (unpaired) electrons. The van der Waals surface area contributed by atoms with Crippen LogP contribution in [0.4, 0.5) is 9.59 Å². The van der Waals surface area contributed by atoms with Crippen LogP contribution >= 0.6 is 0 Å². The first-order valence-electron chi connectivity index (χ1n) is 13.2. The summed E-state index contributed by atoms with van der Waals surface area (Å²) >= 11 is 0. The fourth-order valence-corrected chi connectivity index (χ4v) is 3.64. The maximum absolute atomic E-state index is 12.4. The van der Waals surface area contributed by atoms with E-state index in [2.05, 4.69) is 0 Å². The Balaban J connectivity index is 2.21. The Labute approximate surface area is 233 Å². The first kappa shape index (κ1) is 32.1. The van der Waals surface area contributed by atoms with Gasteiger partial charge in [0, 0.05) is 12.8 Å². The molecular formula is C29H37NO10. The Morgan fingerprint density at radius 1 is 0.875 bits per heavy atom. The second kappa shape index (κ2) is 16.1. The number of aliphatic carboxylic acids is 1. The second-order valence-corrected chi connectivity index (χ2v) is 9.31. The number of hydrogen-bond acceptors (Lipinski definition) is 10. The van der Waals surface area contributed by atoms with Crippen LogP contribution < -0.4 is 15.2 Å². The Morgan fingerprint density at radius 3 is 2.00 bits per heavy atom. The van der Waals surface area contributed by atoms with E-state index in [-0.39, 0.29) is 37.6 Å². The molecule has 2 aromatic carbocycles. The molecule has 40 heavy (non-hydrogen) atoms. The summed E-state index contributed by atoms with van der Waals surface area (Å²) in [6.07, 6.45) is -0.388. The molecule has 0 heterocycles. The number of hydrogen-bond donors (Lipinski definition) is 2. The highest BCUT2D eigenvalue weighted by atomic mass is 16.7. The maximum Gasteiger partial charge on any atom is 0.513 e. The lowest BCUT2D eigenvalue weighted by Gasteiger charge is -2.28. The second-order valence-electron chi connectivity index (χ2n) is 9.31. The zero-order valence-electron chi connectivity index (χ0n) is 23.1. The number of ether oxygens (including phenoxy) is 5. The summed E-state index contributed by atoms with van der Waals surface area (Å²) in [5.74, 6) is -2.23. The van der Waals surface area contributed by atoms with E-state index in [0.717, 1.165) is 12.8 Å². The van der Waals surface area contributed by atoms with E-state index in [1.807, 2.05) is 13.8 Å². The highest BCUT2D eigenvalue weighted by Crippen LogP contribution is 2.31. The van der Waals surface area contributed by atoms with Gasteiger partial charge < -0.3 is 34.5 Å². The van der Waals surface area contributed by atoms with Gasteiger partial charge in [0.1, 0.15) is 11.6 Å². The number of benzene rings is 2. The number of nitrogens with two attached hydrogens (primary N) is 1. The molecule has 0 aliphatic rings. The molecule has 0 spiro atoms. The molecule has 0 bridgehead atoms. The van der Waals surface area contributed by atoms with Gasteiger partial charge in [-0.05, 0) is 49.6 Å². The van der Waals surface area contributed by atoms with Crippen LogP contribution in [0.5, 0.6) is 11.5 Å². The monoisotopic (exact) mass is 559 g/mol. The molecule has 0 unspecified atom stereocenters. The zero-order chi connectivity index (χ0) is 29.5. The Bertz CT molecular complexity index is 1140. The molecule has 0 fully saturated rings. The van der Waals surface area contributed by atoms with Gasteiger partial charge in [0.25, 0.3) is 0 Å². The average Bonchev–Trinajstić information content (AvgIpc) is 2.90. The van der Waals surface area contributed by atoms with E-state index in [0.29, 0.717) is 24.0 Å². The number of carboxylic acid groups (broad SMARTS) is 1. The third-order valence-electron chi connectivity index (χ3n) is 5.75. The molecule has 0 amide bonds. The van der Waals surface area contributed by atoms with Crippen molar-refractivity contribution in [3.05, 3.63) is 59.7 Å². The number of carbonyl (C=O) groups is 4. The van der Waals surface area contributed by atoms with E-state index < -0.39 is 35.9 Å². The summed E-state index contributed by atoms with van der Waals surface area (Å²) in [5.41, 5.74) is 5.11.